The first-order valence-corrected chi connectivity index (χ1v) is 10.1. The zero-order valence-corrected chi connectivity index (χ0v) is 16.4. The highest BCUT2D eigenvalue weighted by molar-refractivity contribution is 9.10. The second kappa shape index (κ2) is 7.73. The van der Waals surface area contributed by atoms with Gasteiger partial charge >= 0.3 is 5.97 Å². The van der Waals surface area contributed by atoms with Gasteiger partial charge in [-0.15, -0.1) is 0 Å². The van der Waals surface area contributed by atoms with Crippen LogP contribution in [0, 0.1) is 0 Å². The van der Waals surface area contributed by atoms with Crippen molar-refractivity contribution in [1.29, 1.82) is 0 Å². The highest BCUT2D eigenvalue weighted by Crippen LogP contribution is 2.27. The number of hydrogen-bond acceptors (Lipinski definition) is 6. The molecule has 1 aliphatic heterocycles. The van der Waals surface area contributed by atoms with Crippen molar-refractivity contribution < 1.29 is 22.7 Å². The molecule has 0 aliphatic carbocycles. The number of rotatable bonds is 5. The number of halogens is 1. The van der Waals surface area contributed by atoms with E-state index in [2.05, 4.69) is 25.7 Å². The van der Waals surface area contributed by atoms with E-state index in [1.54, 1.807) is 12.3 Å². The molecule has 0 radical (unpaired) electrons. The van der Waals surface area contributed by atoms with Crippen molar-refractivity contribution in [3.05, 3.63) is 52.6 Å². The SMILES string of the molecule is COC(=O)c1ccc(S(=O)(=O)N2CCC(Oc3ncccc3Br)C2)cc1. The lowest BCUT2D eigenvalue weighted by Gasteiger charge is -2.17. The van der Waals surface area contributed by atoms with E-state index in [-0.39, 0.29) is 17.5 Å². The van der Waals surface area contributed by atoms with E-state index in [0.29, 0.717) is 24.4 Å². The van der Waals surface area contributed by atoms with Crippen LogP contribution in [0.2, 0.25) is 0 Å². The van der Waals surface area contributed by atoms with Gasteiger partial charge in [-0.2, -0.15) is 4.31 Å². The van der Waals surface area contributed by atoms with Crippen molar-refractivity contribution in [2.45, 2.75) is 17.4 Å². The smallest absolute Gasteiger partial charge is 0.337 e. The third-order valence-corrected chi connectivity index (χ3v) is 6.51. The van der Waals surface area contributed by atoms with Crippen molar-refractivity contribution >= 4 is 31.9 Å². The molecule has 1 saturated heterocycles. The van der Waals surface area contributed by atoms with Crippen LogP contribution in [0.25, 0.3) is 0 Å². The summed E-state index contributed by atoms with van der Waals surface area (Å²) in [5.74, 6) is -0.0660. The molecule has 1 atom stereocenters. The summed E-state index contributed by atoms with van der Waals surface area (Å²) in [5.41, 5.74) is 0.300. The highest BCUT2D eigenvalue weighted by atomic mass is 79.9. The van der Waals surface area contributed by atoms with Crippen molar-refractivity contribution in [3.63, 3.8) is 0 Å². The summed E-state index contributed by atoms with van der Waals surface area (Å²) >= 11 is 3.36. The molecule has 9 heteroatoms. The molecular weight excluding hydrogens is 424 g/mol. The molecular formula is C17H17BrN2O5S. The van der Waals surface area contributed by atoms with Crippen LogP contribution >= 0.6 is 15.9 Å². The summed E-state index contributed by atoms with van der Waals surface area (Å²) in [5, 5.41) is 0. The van der Waals surface area contributed by atoms with Gasteiger partial charge in [-0.1, -0.05) is 0 Å². The lowest BCUT2D eigenvalue weighted by Crippen LogP contribution is -2.31. The third-order valence-electron chi connectivity index (χ3n) is 4.02. The average Bonchev–Trinajstić information content (AvgIpc) is 3.12. The number of benzene rings is 1. The largest absolute Gasteiger partial charge is 0.472 e. The molecule has 1 aromatic heterocycles. The first-order chi connectivity index (χ1) is 12.4. The first kappa shape index (κ1) is 18.8. The summed E-state index contributed by atoms with van der Waals surface area (Å²) in [6.07, 6.45) is 1.92. The van der Waals surface area contributed by atoms with Gasteiger partial charge in [0.15, 0.2) is 0 Å². The molecule has 0 amide bonds. The lowest BCUT2D eigenvalue weighted by atomic mass is 10.2. The maximum absolute atomic E-state index is 12.8. The molecule has 7 nitrogen and oxygen atoms in total. The molecule has 1 fully saturated rings. The van der Waals surface area contributed by atoms with Gasteiger partial charge in [0, 0.05) is 12.7 Å². The summed E-state index contributed by atoms with van der Waals surface area (Å²) in [6, 6.07) is 9.28. The van der Waals surface area contributed by atoms with E-state index in [1.165, 1.54) is 35.7 Å². The Labute approximate surface area is 160 Å². The predicted octanol–water partition coefficient (Wildman–Crippen LogP) is 2.47. The van der Waals surface area contributed by atoms with Crippen LogP contribution < -0.4 is 4.74 Å². The second-order valence-electron chi connectivity index (χ2n) is 5.70. The molecule has 0 saturated carbocycles. The topological polar surface area (TPSA) is 85.8 Å². The number of ether oxygens (including phenoxy) is 2. The monoisotopic (exact) mass is 440 g/mol. The minimum atomic E-state index is -3.65. The summed E-state index contributed by atoms with van der Waals surface area (Å²) < 4.78 is 38.1. The standard InChI is InChI=1S/C17H17BrN2O5S/c1-24-17(21)12-4-6-14(7-5-12)26(22,23)20-10-8-13(11-20)25-16-15(18)3-2-9-19-16/h2-7,9,13H,8,10-11H2,1H3. The molecule has 1 aromatic carbocycles. The molecule has 0 spiro atoms. The van der Waals surface area contributed by atoms with Crippen molar-refractivity contribution in [2.75, 3.05) is 20.2 Å². The molecule has 138 valence electrons. The van der Waals surface area contributed by atoms with E-state index in [1.807, 2.05) is 6.07 Å². The van der Waals surface area contributed by atoms with E-state index < -0.39 is 16.0 Å². The Morgan fingerprint density at radius 1 is 1.27 bits per heavy atom. The maximum Gasteiger partial charge on any atom is 0.337 e. The lowest BCUT2D eigenvalue weighted by molar-refractivity contribution is 0.0600. The number of carbonyl (C=O) groups excluding carboxylic acids is 1. The van der Waals surface area contributed by atoms with Crippen LogP contribution in [0.3, 0.4) is 0 Å². The number of nitrogens with zero attached hydrogens (tertiary/aromatic N) is 2. The van der Waals surface area contributed by atoms with E-state index in [4.69, 9.17) is 4.74 Å². The Morgan fingerprint density at radius 2 is 2.00 bits per heavy atom. The normalized spacial score (nSPS) is 17.8. The van der Waals surface area contributed by atoms with E-state index in [9.17, 15) is 13.2 Å². The predicted molar refractivity (Wildman–Crippen MR) is 97.5 cm³/mol. The molecule has 3 rings (SSSR count). The summed E-state index contributed by atoms with van der Waals surface area (Å²) in [6.45, 7) is 0.598. The number of hydrogen-bond donors (Lipinski definition) is 0. The van der Waals surface area contributed by atoms with Crippen molar-refractivity contribution in [2.24, 2.45) is 0 Å². The highest BCUT2D eigenvalue weighted by Gasteiger charge is 2.34. The van der Waals surface area contributed by atoms with Gasteiger partial charge in [-0.05, 0) is 58.7 Å². The Hall–Kier alpha value is -1.97. The van der Waals surface area contributed by atoms with Gasteiger partial charge < -0.3 is 9.47 Å². The average molecular weight is 441 g/mol. The van der Waals surface area contributed by atoms with Crippen LogP contribution in [-0.4, -0.2) is 50.0 Å². The molecule has 1 aliphatic rings. The van der Waals surface area contributed by atoms with E-state index in [0.717, 1.165) is 4.47 Å². The number of aromatic nitrogens is 1. The second-order valence-corrected chi connectivity index (χ2v) is 8.49. The van der Waals surface area contributed by atoms with Crippen LogP contribution in [0.4, 0.5) is 0 Å². The fourth-order valence-electron chi connectivity index (χ4n) is 2.66. The molecule has 0 N–H and O–H groups in total. The number of pyridine rings is 1. The quantitative estimate of drug-likeness (QED) is 0.663. The molecule has 26 heavy (non-hydrogen) atoms. The van der Waals surface area contributed by atoms with Crippen LogP contribution in [0.5, 0.6) is 5.88 Å². The van der Waals surface area contributed by atoms with E-state index >= 15 is 0 Å². The summed E-state index contributed by atoms with van der Waals surface area (Å²) in [4.78, 5) is 15.7. The van der Waals surface area contributed by atoms with Gasteiger partial charge in [0.1, 0.15) is 6.10 Å². The Balaban J connectivity index is 1.71. The summed E-state index contributed by atoms with van der Waals surface area (Å²) in [7, 11) is -2.38. The third kappa shape index (κ3) is 3.89. The Kier molecular flexibility index (Phi) is 5.59. The maximum atomic E-state index is 12.8. The van der Waals surface area contributed by atoms with Gasteiger partial charge in [0.25, 0.3) is 0 Å². The van der Waals surface area contributed by atoms with Crippen molar-refractivity contribution in [1.82, 2.24) is 9.29 Å². The fraction of sp³-hybridized carbons (Fsp3) is 0.294. The zero-order valence-electron chi connectivity index (χ0n) is 14.0. The Bertz CT molecular complexity index is 902. The Morgan fingerprint density at radius 3 is 2.65 bits per heavy atom. The van der Waals surface area contributed by atoms with Gasteiger partial charge in [-0.25, -0.2) is 18.2 Å². The number of sulfonamides is 1. The zero-order chi connectivity index (χ0) is 18.7. The van der Waals surface area contributed by atoms with Gasteiger partial charge in [0.2, 0.25) is 15.9 Å². The number of esters is 1. The molecule has 2 heterocycles. The minimum Gasteiger partial charge on any atom is -0.472 e. The van der Waals surface area contributed by atoms with Gasteiger partial charge in [0.05, 0.1) is 28.6 Å². The molecule has 0 bridgehead atoms. The van der Waals surface area contributed by atoms with Crippen LogP contribution in [0.1, 0.15) is 16.8 Å². The number of methoxy groups -OCH3 is 1. The van der Waals surface area contributed by atoms with Gasteiger partial charge in [-0.3, -0.25) is 0 Å². The molecule has 1 unspecified atom stereocenters. The fourth-order valence-corrected chi connectivity index (χ4v) is 4.49. The van der Waals surface area contributed by atoms with Crippen LogP contribution in [-0.2, 0) is 14.8 Å². The minimum absolute atomic E-state index is 0.129. The van der Waals surface area contributed by atoms with Crippen LogP contribution in [0.15, 0.2) is 52.0 Å². The molecule has 2 aromatic rings. The van der Waals surface area contributed by atoms with Crippen molar-refractivity contribution in [3.8, 4) is 5.88 Å². The first-order valence-electron chi connectivity index (χ1n) is 7.87. The number of carbonyl (C=O) groups is 1.